The summed E-state index contributed by atoms with van der Waals surface area (Å²) >= 11 is 0. The second-order valence-corrected chi connectivity index (χ2v) is 18.3. The average Bonchev–Trinajstić information content (AvgIpc) is 3.76. The molecule has 2 unspecified atom stereocenters. The maximum Gasteiger partial charge on any atom is 0.329 e. The molecule has 3 aromatic carbocycles. The van der Waals surface area contributed by atoms with Crippen LogP contribution in [-0.4, -0.2) is 90.0 Å². The largest absolute Gasteiger partial charge is 0.381 e. The highest BCUT2D eigenvalue weighted by Gasteiger charge is 2.40. The SMILES string of the molecule is C[C@@H](OCc1ccc(CCCOCCCCCCOCCCc2ccc3c(c2)n(C)c(=O)n3C2CCC(=O)NC2=O)cc1)[C@H](CCC(N)=O)NCC1Cc2cccc3c2N1C(=O)[C@@H](N)CC3. The normalized spacial score (nSPS) is 19.2. The summed E-state index contributed by atoms with van der Waals surface area (Å²) in [6, 6.07) is 19.3. The number of nitrogens with two attached hydrogens (primary N) is 2. The van der Waals surface area contributed by atoms with Crippen LogP contribution >= 0.6 is 0 Å². The van der Waals surface area contributed by atoms with Crippen LogP contribution in [0.4, 0.5) is 5.69 Å². The Morgan fingerprint density at radius 3 is 2.20 bits per heavy atom. The van der Waals surface area contributed by atoms with Gasteiger partial charge in [0.25, 0.3) is 0 Å². The summed E-state index contributed by atoms with van der Waals surface area (Å²) in [4.78, 5) is 64.2. The van der Waals surface area contributed by atoms with Crippen LogP contribution in [0.1, 0.15) is 111 Å². The molecule has 4 amide bonds. The van der Waals surface area contributed by atoms with Crippen molar-refractivity contribution < 1.29 is 33.4 Å². The number of aromatic nitrogens is 2. The highest BCUT2D eigenvalue weighted by molar-refractivity contribution is 6.01. The summed E-state index contributed by atoms with van der Waals surface area (Å²) in [5.41, 5.74) is 19.9. The molecule has 1 saturated heterocycles. The predicted molar refractivity (Wildman–Crippen MR) is 254 cm³/mol. The number of anilines is 1. The summed E-state index contributed by atoms with van der Waals surface area (Å²) in [6.45, 7) is 5.92. The Labute approximate surface area is 387 Å². The summed E-state index contributed by atoms with van der Waals surface area (Å²) in [7, 11) is 1.71. The van der Waals surface area contributed by atoms with Gasteiger partial charge in [0, 0.05) is 58.9 Å². The number of amides is 4. The van der Waals surface area contributed by atoms with Crippen LogP contribution in [0.3, 0.4) is 0 Å². The number of primary amides is 1. The number of nitrogens with zero attached hydrogens (tertiary/aromatic N) is 3. The molecule has 0 radical (unpaired) electrons. The summed E-state index contributed by atoms with van der Waals surface area (Å²) in [5.74, 6) is -1.10. The zero-order valence-electron chi connectivity index (χ0n) is 38.8. The molecule has 5 atom stereocenters. The molecule has 3 aliphatic heterocycles. The van der Waals surface area contributed by atoms with Gasteiger partial charge < -0.3 is 35.9 Å². The van der Waals surface area contributed by atoms with Gasteiger partial charge in [-0.2, -0.15) is 0 Å². The third-order valence-electron chi connectivity index (χ3n) is 13.5. The van der Waals surface area contributed by atoms with E-state index in [9.17, 15) is 24.0 Å². The smallest absolute Gasteiger partial charge is 0.329 e. The molecule has 1 fully saturated rings. The highest BCUT2D eigenvalue weighted by Crippen LogP contribution is 2.38. The number of para-hydroxylation sites is 1. The average molecular weight is 908 g/mol. The van der Waals surface area contributed by atoms with Crippen molar-refractivity contribution in [3.8, 4) is 0 Å². The van der Waals surface area contributed by atoms with E-state index in [1.165, 1.54) is 21.3 Å². The summed E-state index contributed by atoms with van der Waals surface area (Å²) < 4.78 is 21.3. The van der Waals surface area contributed by atoms with E-state index in [-0.39, 0.29) is 54.4 Å². The monoisotopic (exact) mass is 908 g/mol. The number of carbonyl (C=O) groups is 4. The number of benzene rings is 3. The van der Waals surface area contributed by atoms with Gasteiger partial charge in [-0.3, -0.25) is 33.6 Å². The lowest BCUT2D eigenvalue weighted by Crippen LogP contribution is -2.52. The fraction of sp³-hybridized carbons (Fsp3) is 0.549. The molecule has 0 saturated carbocycles. The number of hydrogen-bond donors (Lipinski definition) is 4. The lowest BCUT2D eigenvalue weighted by molar-refractivity contribution is -0.135. The van der Waals surface area contributed by atoms with Crippen molar-refractivity contribution >= 4 is 40.3 Å². The van der Waals surface area contributed by atoms with E-state index in [2.05, 4.69) is 53.1 Å². The van der Waals surface area contributed by atoms with E-state index >= 15 is 0 Å². The van der Waals surface area contributed by atoms with Crippen molar-refractivity contribution in [1.82, 2.24) is 19.8 Å². The summed E-state index contributed by atoms with van der Waals surface area (Å²) in [6.07, 6.45) is 11.2. The Morgan fingerprint density at radius 1 is 0.818 bits per heavy atom. The van der Waals surface area contributed by atoms with Crippen LogP contribution in [0.2, 0.25) is 0 Å². The molecular formula is C51H69N7O8. The molecule has 15 heteroatoms. The fourth-order valence-electron chi connectivity index (χ4n) is 9.67. The van der Waals surface area contributed by atoms with Gasteiger partial charge in [0.05, 0.1) is 41.5 Å². The minimum absolute atomic E-state index is 0.0244. The molecule has 0 spiro atoms. The Bertz CT molecular complexity index is 2360. The molecule has 66 heavy (non-hydrogen) atoms. The number of aryl methyl sites for hydroxylation is 4. The molecule has 15 nitrogen and oxygen atoms in total. The maximum absolute atomic E-state index is 13.4. The Morgan fingerprint density at radius 2 is 1.48 bits per heavy atom. The van der Waals surface area contributed by atoms with Gasteiger partial charge in [-0.05, 0) is 118 Å². The number of fused-ring (bicyclic) bond motifs is 1. The first-order valence-corrected chi connectivity index (χ1v) is 24.1. The van der Waals surface area contributed by atoms with Crippen LogP contribution in [0.5, 0.6) is 0 Å². The number of unbranched alkanes of at least 4 members (excludes halogenated alkanes) is 3. The van der Waals surface area contributed by atoms with Crippen molar-refractivity contribution in [3.63, 3.8) is 0 Å². The van der Waals surface area contributed by atoms with Gasteiger partial charge in [-0.15, -0.1) is 0 Å². The number of rotatable bonds is 26. The van der Waals surface area contributed by atoms with Crippen LogP contribution in [0, 0.1) is 0 Å². The zero-order valence-corrected chi connectivity index (χ0v) is 38.8. The molecule has 7 rings (SSSR count). The zero-order chi connectivity index (χ0) is 46.6. The van der Waals surface area contributed by atoms with E-state index in [0.717, 1.165) is 106 Å². The Balaban J connectivity index is 0.722. The molecule has 356 valence electrons. The molecule has 1 aromatic heterocycles. The van der Waals surface area contributed by atoms with E-state index in [4.69, 9.17) is 25.7 Å². The second-order valence-electron chi connectivity index (χ2n) is 18.3. The number of piperidine rings is 1. The first-order chi connectivity index (χ1) is 32.0. The van der Waals surface area contributed by atoms with Crippen molar-refractivity contribution in [3.05, 3.63) is 99.0 Å². The van der Waals surface area contributed by atoms with E-state index in [0.29, 0.717) is 44.5 Å². The van der Waals surface area contributed by atoms with Crippen molar-refractivity contribution in [2.24, 2.45) is 18.5 Å². The van der Waals surface area contributed by atoms with E-state index in [1.807, 2.05) is 30.0 Å². The minimum atomic E-state index is -0.682. The fourth-order valence-corrected chi connectivity index (χ4v) is 9.67. The molecular weight excluding hydrogens is 839 g/mol. The van der Waals surface area contributed by atoms with Gasteiger partial charge in [0.1, 0.15) is 6.04 Å². The van der Waals surface area contributed by atoms with Gasteiger partial charge in [0.15, 0.2) is 0 Å². The predicted octanol–water partition coefficient (Wildman–Crippen LogP) is 4.84. The second kappa shape index (κ2) is 23.5. The first kappa shape index (κ1) is 48.7. The molecule has 3 aliphatic rings. The third-order valence-corrected chi connectivity index (χ3v) is 13.5. The highest BCUT2D eigenvalue weighted by atomic mass is 16.5. The molecule has 6 N–H and O–H groups in total. The number of nitrogens with one attached hydrogen (secondary N) is 2. The topological polar surface area (TPSA) is 202 Å². The lowest BCUT2D eigenvalue weighted by atomic mass is 10.0. The number of ether oxygens (including phenoxy) is 3. The van der Waals surface area contributed by atoms with Crippen LogP contribution in [-0.2, 0) is 72.7 Å². The number of carbonyl (C=O) groups excluding carboxylic acids is 4. The lowest BCUT2D eigenvalue weighted by Gasteiger charge is -2.31. The van der Waals surface area contributed by atoms with Gasteiger partial charge >= 0.3 is 5.69 Å². The number of imide groups is 1. The van der Waals surface area contributed by atoms with Gasteiger partial charge in [-0.1, -0.05) is 61.4 Å². The first-order valence-electron chi connectivity index (χ1n) is 24.1. The number of imidazole rings is 1. The Hall–Kier alpha value is -5.19. The Kier molecular flexibility index (Phi) is 17.4. The molecule has 4 heterocycles. The van der Waals surface area contributed by atoms with Gasteiger partial charge in [0.2, 0.25) is 23.6 Å². The number of hydrogen-bond acceptors (Lipinski definition) is 10. The van der Waals surface area contributed by atoms with E-state index in [1.54, 1.807) is 11.6 Å². The van der Waals surface area contributed by atoms with Crippen molar-refractivity contribution in [2.75, 3.05) is 37.9 Å². The van der Waals surface area contributed by atoms with Crippen LogP contribution < -0.4 is 32.7 Å². The molecule has 4 aromatic rings. The standard InChI is InChI=1S/C51H69N7O8/c1-34(42(21-24-46(53)59)54-32-40-31-39-13-7-12-38-19-20-41(52)50(62)57(40)48(38)39)66-33-37-16-14-35(15-17-37)10-8-28-64-26-5-3-4-6-27-65-29-9-11-36-18-22-43-45(30-36)56(2)51(63)58(43)44-23-25-47(60)55-49(44)61/h7,12-18,22,30,34,40-42,44,54H,3-6,8-11,19-21,23-29,31-33,52H2,1-2H3,(H2,53,59)(H,55,60,61)/t34-,40?,41+,42+,44?/m1/s1. The third kappa shape index (κ3) is 12.4. The van der Waals surface area contributed by atoms with Crippen LogP contribution in [0.15, 0.2) is 65.5 Å². The minimum Gasteiger partial charge on any atom is -0.381 e. The quantitative estimate of drug-likeness (QED) is 0.0499. The molecule has 0 bridgehead atoms. The van der Waals surface area contributed by atoms with Crippen molar-refractivity contribution in [1.29, 1.82) is 0 Å². The molecule has 0 aliphatic carbocycles. The maximum atomic E-state index is 13.4. The van der Waals surface area contributed by atoms with Gasteiger partial charge in [-0.25, -0.2) is 4.79 Å². The van der Waals surface area contributed by atoms with Crippen molar-refractivity contribution in [2.45, 2.75) is 140 Å². The summed E-state index contributed by atoms with van der Waals surface area (Å²) in [5, 5.41) is 5.99. The van der Waals surface area contributed by atoms with E-state index < -0.39 is 18.0 Å². The van der Waals surface area contributed by atoms with Crippen LogP contribution in [0.25, 0.3) is 11.0 Å².